The first-order valence-electron chi connectivity index (χ1n) is 6.92. The molecule has 3 unspecified atom stereocenters. The Morgan fingerprint density at radius 3 is 2.68 bits per heavy atom. The molecule has 2 amide bonds. The summed E-state index contributed by atoms with van der Waals surface area (Å²) in [5.74, 6) is -0.732. The first-order valence-corrected chi connectivity index (χ1v) is 6.92. The minimum Gasteiger partial charge on any atom is -0.479 e. The largest absolute Gasteiger partial charge is 0.479 e. The normalized spacial score (nSPS) is 29.5. The molecule has 0 spiro atoms. The van der Waals surface area contributed by atoms with Gasteiger partial charge in [0.25, 0.3) is 0 Å². The fourth-order valence-corrected chi connectivity index (χ4v) is 3.08. The van der Waals surface area contributed by atoms with E-state index in [4.69, 9.17) is 5.11 Å². The van der Waals surface area contributed by atoms with Gasteiger partial charge < -0.3 is 20.4 Å². The lowest BCUT2D eigenvalue weighted by atomic mass is 9.85. The Balaban J connectivity index is 1.88. The van der Waals surface area contributed by atoms with Crippen molar-refractivity contribution in [3.63, 3.8) is 0 Å². The highest BCUT2D eigenvalue weighted by atomic mass is 16.4. The Labute approximate surface area is 112 Å². The van der Waals surface area contributed by atoms with E-state index in [0.29, 0.717) is 12.0 Å². The van der Waals surface area contributed by atoms with Crippen LogP contribution in [0.15, 0.2) is 0 Å². The topological polar surface area (TPSA) is 89.9 Å². The molecule has 1 saturated heterocycles. The van der Waals surface area contributed by atoms with E-state index < -0.39 is 11.6 Å². The maximum atomic E-state index is 12.1. The second-order valence-electron chi connectivity index (χ2n) is 5.83. The number of urea groups is 1. The van der Waals surface area contributed by atoms with Crippen molar-refractivity contribution in [2.75, 3.05) is 13.1 Å². The van der Waals surface area contributed by atoms with E-state index in [0.717, 1.165) is 25.8 Å². The molecule has 1 heterocycles. The van der Waals surface area contributed by atoms with Gasteiger partial charge in [0.05, 0.1) is 6.54 Å². The second kappa shape index (κ2) is 5.36. The van der Waals surface area contributed by atoms with Crippen LogP contribution in [-0.4, -0.2) is 51.8 Å². The van der Waals surface area contributed by atoms with E-state index in [9.17, 15) is 14.7 Å². The molecule has 1 saturated carbocycles. The quantitative estimate of drug-likeness (QED) is 0.707. The van der Waals surface area contributed by atoms with Crippen LogP contribution in [0.1, 0.15) is 39.0 Å². The average molecular weight is 270 g/mol. The fourth-order valence-electron chi connectivity index (χ4n) is 3.08. The molecular weight excluding hydrogens is 248 g/mol. The molecule has 6 heteroatoms. The van der Waals surface area contributed by atoms with E-state index >= 15 is 0 Å². The minimum absolute atomic E-state index is 0.254. The Morgan fingerprint density at radius 1 is 1.32 bits per heavy atom. The highest BCUT2D eigenvalue weighted by Crippen LogP contribution is 2.35. The van der Waals surface area contributed by atoms with Crippen LogP contribution in [0.4, 0.5) is 4.79 Å². The van der Waals surface area contributed by atoms with Gasteiger partial charge in [0, 0.05) is 12.6 Å². The molecule has 3 atom stereocenters. The molecule has 3 N–H and O–H groups in total. The number of carboxylic acids is 1. The number of carboxylic acid groups (broad SMARTS) is 1. The molecule has 0 bridgehead atoms. The predicted octanol–water partition coefficient (Wildman–Crippen LogP) is 0.796. The lowest BCUT2D eigenvalue weighted by Crippen LogP contribution is -2.51. The summed E-state index contributed by atoms with van der Waals surface area (Å²) >= 11 is 0. The summed E-state index contributed by atoms with van der Waals surface area (Å²) in [7, 11) is 0. The third kappa shape index (κ3) is 3.00. The van der Waals surface area contributed by atoms with Gasteiger partial charge in [-0.1, -0.05) is 12.8 Å². The van der Waals surface area contributed by atoms with Crippen molar-refractivity contribution in [2.45, 2.75) is 50.7 Å². The molecule has 2 fully saturated rings. The third-order valence-electron chi connectivity index (χ3n) is 4.32. The number of nitrogens with zero attached hydrogens (tertiary/aromatic N) is 1. The lowest BCUT2D eigenvalue weighted by molar-refractivity contribution is -0.155. The number of aliphatic carboxylic acids is 1. The van der Waals surface area contributed by atoms with Crippen molar-refractivity contribution < 1.29 is 19.8 Å². The number of nitrogens with one attached hydrogen (secondary N) is 1. The van der Waals surface area contributed by atoms with Crippen LogP contribution in [0, 0.1) is 5.92 Å². The first-order chi connectivity index (χ1) is 8.92. The van der Waals surface area contributed by atoms with E-state index in [-0.39, 0.29) is 12.6 Å². The zero-order valence-corrected chi connectivity index (χ0v) is 11.3. The summed E-state index contributed by atoms with van der Waals surface area (Å²) in [4.78, 5) is 24.7. The third-order valence-corrected chi connectivity index (χ3v) is 4.32. The summed E-state index contributed by atoms with van der Waals surface area (Å²) in [5, 5.41) is 20.9. The van der Waals surface area contributed by atoms with E-state index in [1.807, 2.05) is 4.90 Å². The monoisotopic (exact) mass is 270 g/mol. The van der Waals surface area contributed by atoms with Gasteiger partial charge in [0.1, 0.15) is 0 Å². The summed E-state index contributed by atoms with van der Waals surface area (Å²) < 4.78 is 0. The van der Waals surface area contributed by atoms with Gasteiger partial charge in [-0.2, -0.15) is 0 Å². The van der Waals surface area contributed by atoms with Crippen LogP contribution >= 0.6 is 0 Å². The van der Waals surface area contributed by atoms with Crippen molar-refractivity contribution >= 4 is 12.0 Å². The number of rotatable bonds is 3. The zero-order valence-electron chi connectivity index (χ0n) is 11.3. The molecule has 2 rings (SSSR count). The number of carbonyl (C=O) groups is 2. The summed E-state index contributed by atoms with van der Waals surface area (Å²) in [6, 6.07) is 0.0412. The van der Waals surface area contributed by atoms with Gasteiger partial charge in [0.15, 0.2) is 5.60 Å². The zero-order chi connectivity index (χ0) is 14.0. The van der Waals surface area contributed by atoms with Crippen molar-refractivity contribution in [1.82, 2.24) is 10.2 Å². The van der Waals surface area contributed by atoms with Gasteiger partial charge in [-0.15, -0.1) is 0 Å². The van der Waals surface area contributed by atoms with E-state index in [2.05, 4.69) is 5.32 Å². The van der Waals surface area contributed by atoms with Crippen LogP contribution in [0.3, 0.4) is 0 Å². The molecule has 1 aliphatic heterocycles. The Bertz CT molecular complexity index is 370. The number of hydrogen-bond acceptors (Lipinski definition) is 3. The number of likely N-dealkylation sites (tertiary alicyclic amines) is 1. The second-order valence-corrected chi connectivity index (χ2v) is 5.83. The number of fused-ring (bicyclic) bond motifs is 1. The van der Waals surface area contributed by atoms with E-state index in [1.54, 1.807) is 0 Å². The van der Waals surface area contributed by atoms with Gasteiger partial charge in [-0.05, 0) is 32.1 Å². The first kappa shape index (κ1) is 14.1. The van der Waals surface area contributed by atoms with Crippen LogP contribution in [0.5, 0.6) is 0 Å². The smallest absolute Gasteiger partial charge is 0.337 e. The predicted molar refractivity (Wildman–Crippen MR) is 68.7 cm³/mol. The molecule has 0 aromatic carbocycles. The maximum absolute atomic E-state index is 12.1. The highest BCUT2D eigenvalue weighted by molar-refractivity contribution is 5.79. The molecule has 19 heavy (non-hydrogen) atoms. The van der Waals surface area contributed by atoms with Crippen LogP contribution in [-0.2, 0) is 4.79 Å². The SMILES string of the molecule is CC(O)(CNC(=O)N1CCC2CCCCC21)C(=O)O. The summed E-state index contributed by atoms with van der Waals surface area (Å²) in [6.07, 6.45) is 5.64. The molecule has 0 radical (unpaired) electrons. The average Bonchev–Trinajstić information content (AvgIpc) is 2.79. The minimum atomic E-state index is -1.92. The van der Waals surface area contributed by atoms with Gasteiger partial charge in [-0.25, -0.2) is 9.59 Å². The van der Waals surface area contributed by atoms with Gasteiger partial charge in [-0.3, -0.25) is 0 Å². The summed E-state index contributed by atoms with van der Waals surface area (Å²) in [5.41, 5.74) is -1.92. The van der Waals surface area contributed by atoms with E-state index in [1.165, 1.54) is 19.8 Å². The molecule has 1 aliphatic carbocycles. The molecule has 2 aliphatic rings. The maximum Gasteiger partial charge on any atom is 0.337 e. The Hall–Kier alpha value is -1.30. The van der Waals surface area contributed by atoms with Crippen LogP contribution in [0.25, 0.3) is 0 Å². The van der Waals surface area contributed by atoms with Crippen LogP contribution < -0.4 is 5.32 Å². The molecule has 6 nitrogen and oxygen atoms in total. The highest BCUT2D eigenvalue weighted by Gasteiger charge is 2.39. The van der Waals surface area contributed by atoms with Crippen LogP contribution in [0.2, 0.25) is 0 Å². The molecule has 0 aromatic rings. The number of amides is 2. The Morgan fingerprint density at radius 2 is 2.00 bits per heavy atom. The number of aliphatic hydroxyl groups is 1. The standard InChI is InChI=1S/C13H22N2O4/c1-13(19,11(16)17)8-14-12(18)15-7-6-9-4-2-3-5-10(9)15/h9-10,19H,2-8H2,1H3,(H,14,18)(H,16,17). The van der Waals surface area contributed by atoms with Gasteiger partial charge >= 0.3 is 12.0 Å². The summed E-state index contributed by atoms with van der Waals surface area (Å²) in [6.45, 7) is 1.65. The van der Waals surface area contributed by atoms with Crippen molar-refractivity contribution in [2.24, 2.45) is 5.92 Å². The fraction of sp³-hybridized carbons (Fsp3) is 0.846. The van der Waals surface area contributed by atoms with Crippen molar-refractivity contribution in [1.29, 1.82) is 0 Å². The molecule has 0 aromatic heterocycles. The van der Waals surface area contributed by atoms with Crippen molar-refractivity contribution in [3.05, 3.63) is 0 Å². The Kier molecular flexibility index (Phi) is 3.99. The lowest BCUT2D eigenvalue weighted by Gasteiger charge is -2.32. The van der Waals surface area contributed by atoms with Crippen molar-refractivity contribution in [3.8, 4) is 0 Å². The number of carbonyl (C=O) groups excluding carboxylic acids is 1. The molecular formula is C13H22N2O4. The number of hydrogen-bond donors (Lipinski definition) is 3. The van der Waals surface area contributed by atoms with Gasteiger partial charge in [0.2, 0.25) is 0 Å². The molecule has 108 valence electrons.